The zero-order valence-corrected chi connectivity index (χ0v) is 15.7. The summed E-state index contributed by atoms with van der Waals surface area (Å²) in [6, 6.07) is 6.22. The minimum atomic E-state index is 0.172. The lowest BCUT2D eigenvalue weighted by molar-refractivity contribution is 0.414. The van der Waals surface area contributed by atoms with Gasteiger partial charge in [0.2, 0.25) is 5.95 Å². The van der Waals surface area contributed by atoms with Gasteiger partial charge in [0.1, 0.15) is 11.6 Å². The maximum absolute atomic E-state index is 6.53. The first-order valence-corrected chi connectivity index (χ1v) is 9.21. The molecule has 3 N–H and O–H groups in total. The quantitative estimate of drug-likeness (QED) is 0.798. The number of ether oxygens (including phenoxy) is 1. The van der Waals surface area contributed by atoms with E-state index in [9.17, 15) is 0 Å². The fourth-order valence-corrected chi connectivity index (χ4v) is 3.84. The van der Waals surface area contributed by atoms with Gasteiger partial charge in [0.15, 0.2) is 0 Å². The van der Waals surface area contributed by atoms with Crippen molar-refractivity contribution < 1.29 is 4.74 Å². The highest BCUT2D eigenvalue weighted by Gasteiger charge is 2.31. The molecule has 1 aromatic heterocycles. The van der Waals surface area contributed by atoms with Gasteiger partial charge in [0.25, 0.3) is 0 Å². The molecule has 1 aromatic carbocycles. The molecule has 2 aromatic rings. The molecule has 0 bridgehead atoms. The van der Waals surface area contributed by atoms with Gasteiger partial charge in [-0.15, -0.1) is 0 Å². The maximum atomic E-state index is 6.53. The van der Waals surface area contributed by atoms with Gasteiger partial charge in [-0.25, -0.2) is 4.98 Å². The van der Waals surface area contributed by atoms with Gasteiger partial charge >= 0.3 is 0 Å². The number of aryl methyl sites for hydroxylation is 1. The molecule has 1 atom stereocenters. The van der Waals surface area contributed by atoms with Crippen LogP contribution in [-0.4, -0.2) is 23.1 Å². The fourth-order valence-electron chi connectivity index (χ4n) is 3.54. The molecule has 0 saturated heterocycles. The Morgan fingerprint density at radius 3 is 2.72 bits per heavy atom. The molecular weight excluding hydrogens is 336 g/mol. The average molecular weight is 361 g/mol. The number of aromatic nitrogens is 2. The summed E-state index contributed by atoms with van der Waals surface area (Å²) in [7, 11) is 1.64. The number of nitrogens with two attached hydrogens (primary N) is 1. The molecule has 134 valence electrons. The number of halogens is 1. The number of nitrogen functional groups attached to an aromatic ring is 1. The zero-order chi connectivity index (χ0) is 18.0. The van der Waals surface area contributed by atoms with Crippen molar-refractivity contribution in [2.45, 2.75) is 51.5 Å². The highest BCUT2D eigenvalue weighted by molar-refractivity contribution is 6.31. The van der Waals surface area contributed by atoms with E-state index in [0.29, 0.717) is 17.0 Å². The number of nitrogens with one attached hydrogen (secondary N) is 1. The van der Waals surface area contributed by atoms with Gasteiger partial charge in [0.05, 0.1) is 12.8 Å². The highest BCUT2D eigenvalue weighted by Crippen LogP contribution is 2.44. The Morgan fingerprint density at radius 1 is 1.32 bits per heavy atom. The van der Waals surface area contributed by atoms with Crippen LogP contribution in [0.25, 0.3) is 0 Å². The summed E-state index contributed by atoms with van der Waals surface area (Å²) in [6.45, 7) is 4.34. The summed E-state index contributed by atoms with van der Waals surface area (Å²) in [5.74, 6) is 2.11. The van der Waals surface area contributed by atoms with Gasteiger partial charge in [0, 0.05) is 22.5 Å². The summed E-state index contributed by atoms with van der Waals surface area (Å²) in [6.07, 6.45) is 3.90. The molecule has 0 fully saturated rings. The Kier molecular flexibility index (Phi) is 5.33. The second kappa shape index (κ2) is 7.48. The van der Waals surface area contributed by atoms with Crippen LogP contribution < -0.4 is 15.8 Å². The van der Waals surface area contributed by atoms with Crippen LogP contribution in [0.15, 0.2) is 18.2 Å². The Labute approximate surface area is 154 Å². The van der Waals surface area contributed by atoms with Gasteiger partial charge in [-0.2, -0.15) is 4.98 Å². The first-order valence-electron chi connectivity index (χ1n) is 8.83. The third-order valence-electron chi connectivity index (χ3n) is 4.97. The van der Waals surface area contributed by atoms with Crippen molar-refractivity contribution in [1.82, 2.24) is 9.97 Å². The van der Waals surface area contributed by atoms with Crippen molar-refractivity contribution in [3.63, 3.8) is 0 Å². The van der Waals surface area contributed by atoms with Gasteiger partial charge in [-0.3, -0.25) is 0 Å². The number of rotatable bonds is 6. The van der Waals surface area contributed by atoms with Crippen molar-refractivity contribution >= 4 is 23.4 Å². The lowest BCUT2D eigenvalue weighted by Crippen LogP contribution is -2.20. The molecule has 0 saturated carbocycles. The number of methoxy groups -OCH3 is 1. The van der Waals surface area contributed by atoms with E-state index in [0.717, 1.165) is 54.1 Å². The molecule has 5 nitrogen and oxygen atoms in total. The molecule has 1 aliphatic carbocycles. The third kappa shape index (κ3) is 3.52. The molecule has 0 spiro atoms. The topological polar surface area (TPSA) is 73.1 Å². The largest absolute Gasteiger partial charge is 0.497 e. The summed E-state index contributed by atoms with van der Waals surface area (Å²) in [5.41, 5.74) is 9.18. The lowest BCUT2D eigenvalue weighted by atomic mass is 9.93. The van der Waals surface area contributed by atoms with E-state index in [1.54, 1.807) is 7.11 Å². The van der Waals surface area contributed by atoms with Crippen LogP contribution in [0.2, 0.25) is 5.02 Å². The normalized spacial score (nSPS) is 16.1. The molecule has 3 rings (SSSR count). The number of benzene rings is 1. The fraction of sp³-hybridized carbons (Fsp3) is 0.474. The Hall–Kier alpha value is -2.01. The number of nitrogens with zero attached hydrogens (tertiary/aromatic N) is 2. The summed E-state index contributed by atoms with van der Waals surface area (Å²) < 4.78 is 5.27. The predicted molar refractivity (Wildman–Crippen MR) is 103 cm³/mol. The molecule has 0 aliphatic heterocycles. The second-order valence-electron chi connectivity index (χ2n) is 6.43. The molecule has 0 radical (unpaired) electrons. The molecule has 1 aliphatic rings. The van der Waals surface area contributed by atoms with Crippen molar-refractivity contribution in [2.75, 3.05) is 18.2 Å². The number of fused-ring (bicyclic) bond motifs is 1. The zero-order valence-electron chi connectivity index (χ0n) is 15.0. The molecule has 6 heteroatoms. The minimum Gasteiger partial charge on any atom is -0.497 e. The smallest absolute Gasteiger partial charge is 0.222 e. The van der Waals surface area contributed by atoms with Crippen LogP contribution in [0.5, 0.6) is 5.75 Å². The van der Waals surface area contributed by atoms with Crippen LogP contribution in [-0.2, 0) is 6.42 Å². The van der Waals surface area contributed by atoms with Crippen LogP contribution in [0.4, 0.5) is 11.8 Å². The molecule has 1 heterocycles. The SMILES string of the molecule is CCC(CC)Nc1nc(N)nc2c1C(c1ccc(OC)cc1Cl)CC2. The van der Waals surface area contributed by atoms with E-state index in [4.69, 9.17) is 22.1 Å². The van der Waals surface area contributed by atoms with Crippen molar-refractivity contribution in [3.05, 3.63) is 40.0 Å². The lowest BCUT2D eigenvalue weighted by Gasteiger charge is -2.21. The predicted octanol–water partition coefficient (Wildman–Crippen LogP) is 4.40. The molecule has 0 amide bonds. The Balaban J connectivity index is 2.03. The Morgan fingerprint density at radius 2 is 2.08 bits per heavy atom. The van der Waals surface area contributed by atoms with Crippen molar-refractivity contribution in [1.29, 1.82) is 0 Å². The van der Waals surface area contributed by atoms with Gasteiger partial charge in [-0.05, 0) is 43.4 Å². The first-order chi connectivity index (χ1) is 12.1. The maximum Gasteiger partial charge on any atom is 0.222 e. The minimum absolute atomic E-state index is 0.172. The van der Waals surface area contributed by atoms with E-state index in [2.05, 4.69) is 29.1 Å². The highest BCUT2D eigenvalue weighted by atomic mass is 35.5. The van der Waals surface area contributed by atoms with Crippen molar-refractivity contribution in [2.24, 2.45) is 0 Å². The van der Waals surface area contributed by atoms with Crippen LogP contribution in [0.1, 0.15) is 55.8 Å². The van der Waals surface area contributed by atoms with E-state index in [1.165, 1.54) is 0 Å². The Bertz CT molecular complexity index is 761. The number of hydrogen-bond acceptors (Lipinski definition) is 5. The van der Waals surface area contributed by atoms with Crippen LogP contribution in [0, 0.1) is 0 Å². The summed E-state index contributed by atoms with van der Waals surface area (Å²) in [5, 5.41) is 4.27. The molecule has 25 heavy (non-hydrogen) atoms. The summed E-state index contributed by atoms with van der Waals surface area (Å²) in [4.78, 5) is 8.98. The van der Waals surface area contributed by atoms with Crippen LogP contribution in [0.3, 0.4) is 0 Å². The average Bonchev–Trinajstić information content (AvgIpc) is 3.02. The second-order valence-corrected chi connectivity index (χ2v) is 6.83. The van der Waals surface area contributed by atoms with E-state index in [-0.39, 0.29) is 5.92 Å². The van der Waals surface area contributed by atoms with Gasteiger partial charge in [-0.1, -0.05) is 31.5 Å². The number of hydrogen-bond donors (Lipinski definition) is 2. The van der Waals surface area contributed by atoms with E-state index in [1.807, 2.05) is 18.2 Å². The monoisotopic (exact) mass is 360 g/mol. The van der Waals surface area contributed by atoms with E-state index < -0.39 is 0 Å². The van der Waals surface area contributed by atoms with Crippen LogP contribution >= 0.6 is 11.6 Å². The standard InChI is InChI=1S/C19H25ClN4O/c1-4-11(5-2)22-18-17-14(8-9-16(17)23-19(21)24-18)13-7-6-12(25-3)10-15(13)20/h6-7,10-11,14H,4-5,8-9H2,1-3H3,(H3,21,22,23,24). The van der Waals surface area contributed by atoms with Gasteiger partial charge < -0.3 is 15.8 Å². The molecule has 1 unspecified atom stereocenters. The number of anilines is 2. The van der Waals surface area contributed by atoms with Crippen molar-refractivity contribution in [3.8, 4) is 5.75 Å². The molecular formula is C19H25ClN4O. The summed E-state index contributed by atoms with van der Waals surface area (Å²) >= 11 is 6.53. The third-order valence-corrected chi connectivity index (χ3v) is 5.30. The van der Waals surface area contributed by atoms with E-state index >= 15 is 0 Å². The first kappa shape index (κ1) is 17.8.